The summed E-state index contributed by atoms with van der Waals surface area (Å²) in [4.78, 5) is 25.9. The Morgan fingerprint density at radius 1 is 1.17 bits per heavy atom. The van der Waals surface area contributed by atoms with Gasteiger partial charge in [-0.15, -0.1) is 0 Å². The number of carbonyl (C=O) groups excluding carboxylic acids is 1. The minimum atomic E-state index is -1.11. The molecule has 0 aromatic heterocycles. The van der Waals surface area contributed by atoms with E-state index in [0.717, 1.165) is 25.8 Å². The van der Waals surface area contributed by atoms with Crippen molar-refractivity contribution >= 4 is 12.1 Å². The molecule has 9 heteroatoms. The van der Waals surface area contributed by atoms with E-state index in [1.165, 1.54) is 50.7 Å². The molecule has 1 heterocycles. The van der Waals surface area contributed by atoms with Gasteiger partial charge in [0.25, 0.3) is 0 Å². The number of amides is 3. The first-order valence-electron chi connectivity index (χ1n) is 13.5. The predicted molar refractivity (Wildman–Crippen MR) is 137 cm³/mol. The normalized spacial score (nSPS) is 20.8. The maximum atomic E-state index is 14.0. The summed E-state index contributed by atoms with van der Waals surface area (Å²) in [6.45, 7) is 2.24. The Bertz CT molecular complexity index is 819. The van der Waals surface area contributed by atoms with Crippen LogP contribution < -0.4 is 16.0 Å². The summed E-state index contributed by atoms with van der Waals surface area (Å²) in [6.07, 6.45) is 8.81. The number of carboxylic acid groups (broad SMARTS) is 1. The highest BCUT2D eigenvalue weighted by Crippen LogP contribution is 2.33. The van der Waals surface area contributed by atoms with E-state index >= 15 is 0 Å². The molecule has 2 fully saturated rings. The zero-order valence-electron chi connectivity index (χ0n) is 21.5. The van der Waals surface area contributed by atoms with Gasteiger partial charge < -0.3 is 30.7 Å². The van der Waals surface area contributed by atoms with Crippen molar-refractivity contribution in [3.8, 4) is 0 Å². The smallest absolute Gasteiger partial charge is 0.404 e. The lowest BCUT2D eigenvalue weighted by molar-refractivity contribution is -0.00866. The third-order valence-corrected chi connectivity index (χ3v) is 7.40. The van der Waals surface area contributed by atoms with E-state index in [2.05, 4.69) is 16.0 Å². The zero-order valence-corrected chi connectivity index (χ0v) is 21.5. The minimum Gasteiger partial charge on any atom is -0.465 e. The van der Waals surface area contributed by atoms with Crippen LogP contribution in [0.2, 0.25) is 0 Å². The van der Waals surface area contributed by atoms with E-state index in [1.54, 1.807) is 6.07 Å². The van der Waals surface area contributed by atoms with Crippen molar-refractivity contribution in [1.29, 1.82) is 0 Å². The fraction of sp³-hybridized carbons (Fsp3) is 0.704. The van der Waals surface area contributed by atoms with Gasteiger partial charge in [-0.3, -0.25) is 0 Å². The Hall–Kier alpha value is -2.39. The van der Waals surface area contributed by atoms with Crippen molar-refractivity contribution in [3.63, 3.8) is 0 Å². The third-order valence-electron chi connectivity index (χ3n) is 7.40. The van der Waals surface area contributed by atoms with Crippen molar-refractivity contribution < 1.29 is 23.8 Å². The largest absolute Gasteiger partial charge is 0.465 e. The lowest BCUT2D eigenvalue weighted by atomic mass is 9.88. The molecule has 3 amide bonds. The van der Waals surface area contributed by atoms with Gasteiger partial charge in [0, 0.05) is 38.1 Å². The van der Waals surface area contributed by atoms with Crippen LogP contribution in [0.3, 0.4) is 0 Å². The Labute approximate surface area is 214 Å². The van der Waals surface area contributed by atoms with Crippen LogP contribution in [-0.2, 0) is 4.74 Å². The van der Waals surface area contributed by atoms with Crippen molar-refractivity contribution in [2.24, 2.45) is 11.8 Å². The fourth-order valence-electron chi connectivity index (χ4n) is 5.68. The zero-order chi connectivity index (χ0) is 25.8. The van der Waals surface area contributed by atoms with E-state index in [1.807, 2.05) is 18.0 Å². The number of nitrogens with one attached hydrogen (secondary N) is 3. The number of likely N-dealkylation sites (tertiary alicyclic amines) is 1. The van der Waals surface area contributed by atoms with Crippen molar-refractivity contribution in [2.75, 3.05) is 39.8 Å². The van der Waals surface area contributed by atoms with Gasteiger partial charge in [0.05, 0.1) is 12.7 Å². The molecule has 1 saturated carbocycles. The predicted octanol–water partition coefficient (Wildman–Crippen LogP) is 4.52. The summed E-state index contributed by atoms with van der Waals surface area (Å²) in [7, 11) is 1.92. The molecule has 8 nitrogen and oxygen atoms in total. The number of rotatable bonds is 11. The number of halogens is 1. The van der Waals surface area contributed by atoms with Gasteiger partial charge in [-0.1, -0.05) is 50.7 Å². The van der Waals surface area contributed by atoms with Crippen LogP contribution in [0.25, 0.3) is 0 Å². The minimum absolute atomic E-state index is 0.0132. The average molecular weight is 507 g/mol. The first-order valence-corrected chi connectivity index (χ1v) is 13.5. The molecule has 36 heavy (non-hydrogen) atoms. The number of ether oxygens (including phenoxy) is 1. The molecule has 4 N–H and O–H groups in total. The molecular weight excluding hydrogens is 463 g/mol. The second-order valence-electron chi connectivity index (χ2n) is 10.2. The van der Waals surface area contributed by atoms with Gasteiger partial charge in [-0.05, 0) is 49.9 Å². The summed E-state index contributed by atoms with van der Waals surface area (Å²) >= 11 is 0. The lowest BCUT2D eigenvalue weighted by Gasteiger charge is -2.38. The Morgan fingerprint density at radius 2 is 1.94 bits per heavy atom. The van der Waals surface area contributed by atoms with Crippen LogP contribution in [0.5, 0.6) is 0 Å². The molecule has 1 aromatic carbocycles. The van der Waals surface area contributed by atoms with E-state index in [4.69, 9.17) is 9.84 Å². The van der Waals surface area contributed by atoms with Gasteiger partial charge in [-0.2, -0.15) is 0 Å². The maximum Gasteiger partial charge on any atom is 0.404 e. The molecule has 3 rings (SSSR count). The summed E-state index contributed by atoms with van der Waals surface area (Å²) in [5.41, 5.74) is 0.707. The first-order chi connectivity index (χ1) is 17.5. The molecule has 1 aliphatic carbocycles. The number of hydrogen-bond acceptors (Lipinski definition) is 4. The Morgan fingerprint density at radius 3 is 2.64 bits per heavy atom. The summed E-state index contributed by atoms with van der Waals surface area (Å²) in [5.74, 6) is 0.301. The second-order valence-corrected chi connectivity index (χ2v) is 10.2. The van der Waals surface area contributed by atoms with E-state index in [-0.39, 0.29) is 37.0 Å². The van der Waals surface area contributed by atoms with Crippen molar-refractivity contribution in [3.05, 3.63) is 35.6 Å². The van der Waals surface area contributed by atoms with E-state index in [0.29, 0.717) is 24.6 Å². The monoisotopic (exact) mass is 506 g/mol. The third kappa shape index (κ3) is 9.24. The molecular formula is C27H43FN4O4. The molecule has 0 spiro atoms. The number of likely N-dealkylation sites (N-methyl/N-ethyl adjacent to an activating group) is 1. The second kappa shape index (κ2) is 15.0. The van der Waals surface area contributed by atoms with Crippen LogP contribution >= 0.6 is 0 Å². The van der Waals surface area contributed by atoms with Gasteiger partial charge in [-0.25, -0.2) is 14.0 Å². The fourth-order valence-corrected chi connectivity index (χ4v) is 5.68. The lowest BCUT2D eigenvalue weighted by Crippen LogP contribution is -2.51. The maximum absolute atomic E-state index is 14.0. The molecule has 3 atom stereocenters. The number of benzene rings is 1. The van der Waals surface area contributed by atoms with Gasteiger partial charge in [0.1, 0.15) is 5.82 Å². The summed E-state index contributed by atoms with van der Waals surface area (Å²) < 4.78 is 20.1. The molecule has 0 unspecified atom stereocenters. The molecule has 1 aliphatic heterocycles. The van der Waals surface area contributed by atoms with Gasteiger partial charge >= 0.3 is 12.1 Å². The number of hydrogen-bond donors (Lipinski definition) is 4. The Balaban J connectivity index is 1.62. The molecule has 0 radical (unpaired) electrons. The number of nitrogens with zero attached hydrogens (tertiary/aromatic N) is 1. The van der Waals surface area contributed by atoms with Crippen LogP contribution in [0.4, 0.5) is 14.0 Å². The molecule has 202 valence electrons. The van der Waals surface area contributed by atoms with Crippen molar-refractivity contribution in [2.45, 2.75) is 69.9 Å². The highest BCUT2D eigenvalue weighted by atomic mass is 19.1. The molecule has 1 saturated heterocycles. The van der Waals surface area contributed by atoms with Crippen LogP contribution in [0.15, 0.2) is 24.3 Å². The van der Waals surface area contributed by atoms with E-state index < -0.39 is 12.2 Å². The first kappa shape index (κ1) is 28.2. The summed E-state index contributed by atoms with van der Waals surface area (Å²) in [6, 6.07) is 6.36. The van der Waals surface area contributed by atoms with E-state index in [9.17, 15) is 14.0 Å². The molecule has 0 bridgehead atoms. The summed E-state index contributed by atoms with van der Waals surface area (Å²) in [5, 5.41) is 17.6. The SMILES string of the molecule is CNC[C@H](CC1CCCCCC1)NC(=O)N1CCC[C@@H]([C@@H](OCCNC(=O)O)c2cccc(F)c2)C1. The average Bonchev–Trinajstić information content (AvgIpc) is 3.13. The van der Waals surface area contributed by atoms with Gasteiger partial charge in [0.2, 0.25) is 0 Å². The van der Waals surface area contributed by atoms with Gasteiger partial charge in [0.15, 0.2) is 0 Å². The standard InChI is InChI=1S/C27H43FN4O4/c1-29-18-24(16-20-8-4-2-3-5-9-20)31-26(33)32-14-7-11-22(19-32)25(36-15-13-30-27(34)35)21-10-6-12-23(28)17-21/h6,10,12,17,20,22,24-25,29-30H,2-5,7-9,11,13-16,18-19H2,1H3,(H,31,33)(H,34,35)/t22-,24+,25+/m1/s1. The van der Waals surface area contributed by atoms with Crippen molar-refractivity contribution in [1.82, 2.24) is 20.9 Å². The van der Waals surface area contributed by atoms with Crippen LogP contribution in [0, 0.1) is 17.7 Å². The molecule has 2 aliphatic rings. The number of piperidine rings is 1. The van der Waals surface area contributed by atoms with Crippen LogP contribution in [-0.4, -0.2) is 68.0 Å². The molecule has 1 aromatic rings. The topological polar surface area (TPSA) is 103 Å². The Kier molecular flexibility index (Phi) is 11.7. The number of carbonyl (C=O) groups is 2. The number of urea groups is 1. The van der Waals surface area contributed by atoms with Crippen LogP contribution in [0.1, 0.15) is 69.5 Å². The highest BCUT2D eigenvalue weighted by Gasteiger charge is 2.32. The highest BCUT2D eigenvalue weighted by molar-refractivity contribution is 5.74. The quantitative estimate of drug-likeness (QED) is 0.261.